The van der Waals surface area contributed by atoms with E-state index in [0.29, 0.717) is 17.9 Å². The molecule has 6 heteroatoms. The number of ether oxygens (including phenoxy) is 2. The topological polar surface area (TPSA) is 72.5 Å². The van der Waals surface area contributed by atoms with E-state index in [4.69, 9.17) is 9.47 Å². The van der Waals surface area contributed by atoms with Crippen LogP contribution in [0.5, 0.6) is 11.5 Å². The van der Waals surface area contributed by atoms with E-state index in [1.54, 1.807) is 18.5 Å². The van der Waals surface area contributed by atoms with E-state index in [1.165, 1.54) is 5.56 Å². The number of carbonyl (C=O) groups excluding carboxylic acids is 1. The van der Waals surface area contributed by atoms with Crippen LogP contribution >= 0.6 is 0 Å². The molecule has 0 saturated heterocycles. The van der Waals surface area contributed by atoms with Crippen LogP contribution in [0.4, 0.5) is 11.4 Å². The number of benzene rings is 2. The normalized spacial score (nSPS) is 11.9. The molecule has 0 bridgehead atoms. The summed E-state index contributed by atoms with van der Waals surface area (Å²) in [6.45, 7) is 2.73. The van der Waals surface area contributed by atoms with Gasteiger partial charge in [0.2, 0.25) is 6.79 Å². The zero-order valence-corrected chi connectivity index (χ0v) is 14.9. The number of nitrogens with zero attached hydrogens (tertiary/aromatic N) is 1. The Hall–Kier alpha value is -3.54. The molecule has 0 radical (unpaired) electrons. The SMILES string of the molecule is Cc1cccc(CNC(=O)c2cncc(Nc3ccc4c(c3)OCO4)c2)c1. The Balaban J connectivity index is 1.43. The number of pyridine rings is 1. The maximum atomic E-state index is 12.4. The maximum Gasteiger partial charge on any atom is 0.253 e. The average Bonchev–Trinajstić information content (AvgIpc) is 3.14. The third-order valence-electron chi connectivity index (χ3n) is 4.20. The summed E-state index contributed by atoms with van der Waals surface area (Å²) >= 11 is 0. The van der Waals surface area contributed by atoms with Crippen molar-refractivity contribution in [2.24, 2.45) is 0 Å². The van der Waals surface area contributed by atoms with Crippen LogP contribution in [0, 0.1) is 6.92 Å². The summed E-state index contributed by atoms with van der Waals surface area (Å²) in [6, 6.07) is 15.4. The number of hydrogen-bond donors (Lipinski definition) is 2. The molecule has 0 saturated carbocycles. The van der Waals surface area contributed by atoms with Gasteiger partial charge >= 0.3 is 0 Å². The van der Waals surface area contributed by atoms with Gasteiger partial charge in [-0.1, -0.05) is 29.8 Å². The molecule has 27 heavy (non-hydrogen) atoms. The molecule has 1 aromatic heterocycles. The van der Waals surface area contributed by atoms with E-state index >= 15 is 0 Å². The fourth-order valence-electron chi connectivity index (χ4n) is 2.88. The molecule has 0 unspecified atom stereocenters. The zero-order chi connectivity index (χ0) is 18.6. The molecule has 2 N–H and O–H groups in total. The van der Waals surface area contributed by atoms with E-state index in [-0.39, 0.29) is 12.7 Å². The highest BCUT2D eigenvalue weighted by molar-refractivity contribution is 5.94. The van der Waals surface area contributed by atoms with Crippen molar-refractivity contribution >= 4 is 17.3 Å². The molecule has 6 nitrogen and oxygen atoms in total. The molecule has 2 heterocycles. The first-order valence-electron chi connectivity index (χ1n) is 8.63. The van der Waals surface area contributed by atoms with Gasteiger partial charge in [0.1, 0.15) is 0 Å². The van der Waals surface area contributed by atoms with Crippen molar-refractivity contribution < 1.29 is 14.3 Å². The predicted octanol–water partition coefficient (Wildman–Crippen LogP) is 3.79. The summed E-state index contributed by atoms with van der Waals surface area (Å²) in [5, 5.41) is 6.16. The van der Waals surface area contributed by atoms with Gasteiger partial charge in [0, 0.05) is 24.5 Å². The van der Waals surface area contributed by atoms with Crippen LogP contribution in [-0.4, -0.2) is 17.7 Å². The second-order valence-electron chi connectivity index (χ2n) is 6.33. The molecule has 4 rings (SSSR count). The van der Waals surface area contributed by atoms with Crippen LogP contribution in [0.15, 0.2) is 60.9 Å². The highest BCUT2D eigenvalue weighted by Gasteiger charge is 2.13. The van der Waals surface area contributed by atoms with E-state index in [0.717, 1.165) is 22.7 Å². The number of amides is 1. The number of nitrogens with one attached hydrogen (secondary N) is 2. The second kappa shape index (κ2) is 7.37. The van der Waals surface area contributed by atoms with Crippen LogP contribution in [0.3, 0.4) is 0 Å². The van der Waals surface area contributed by atoms with E-state index in [2.05, 4.69) is 21.7 Å². The standard InChI is InChI=1S/C21H19N3O3/c1-14-3-2-4-15(7-14)10-23-21(25)16-8-18(12-22-11-16)24-17-5-6-19-20(9-17)27-13-26-19/h2-9,11-12,24H,10,13H2,1H3,(H,23,25). The Morgan fingerprint density at radius 1 is 1.04 bits per heavy atom. The first-order chi connectivity index (χ1) is 13.2. The Bertz CT molecular complexity index is 988. The van der Waals surface area contributed by atoms with Crippen LogP contribution in [0.2, 0.25) is 0 Å². The van der Waals surface area contributed by atoms with Crippen molar-refractivity contribution in [2.75, 3.05) is 12.1 Å². The van der Waals surface area contributed by atoms with Crippen molar-refractivity contribution in [3.63, 3.8) is 0 Å². The summed E-state index contributed by atoms with van der Waals surface area (Å²) in [5.74, 6) is 1.25. The van der Waals surface area contributed by atoms with E-state index in [1.807, 2.05) is 43.3 Å². The van der Waals surface area contributed by atoms with Crippen LogP contribution < -0.4 is 20.1 Å². The molecule has 0 spiro atoms. The first-order valence-corrected chi connectivity index (χ1v) is 8.63. The van der Waals surface area contributed by atoms with Crippen molar-refractivity contribution in [1.29, 1.82) is 0 Å². The minimum atomic E-state index is -0.168. The quantitative estimate of drug-likeness (QED) is 0.723. The van der Waals surface area contributed by atoms with Gasteiger partial charge in [-0.15, -0.1) is 0 Å². The molecule has 1 amide bonds. The third-order valence-corrected chi connectivity index (χ3v) is 4.20. The van der Waals surface area contributed by atoms with Crippen molar-refractivity contribution in [2.45, 2.75) is 13.5 Å². The Morgan fingerprint density at radius 2 is 1.93 bits per heavy atom. The highest BCUT2D eigenvalue weighted by Crippen LogP contribution is 2.35. The van der Waals surface area contributed by atoms with Crippen LogP contribution in [0.1, 0.15) is 21.5 Å². The Morgan fingerprint density at radius 3 is 2.81 bits per heavy atom. The monoisotopic (exact) mass is 361 g/mol. The van der Waals surface area contributed by atoms with E-state index < -0.39 is 0 Å². The minimum absolute atomic E-state index is 0.168. The summed E-state index contributed by atoms with van der Waals surface area (Å²) in [7, 11) is 0. The highest BCUT2D eigenvalue weighted by atomic mass is 16.7. The number of rotatable bonds is 5. The maximum absolute atomic E-state index is 12.4. The number of hydrogen-bond acceptors (Lipinski definition) is 5. The number of fused-ring (bicyclic) bond motifs is 1. The van der Waals surface area contributed by atoms with Gasteiger partial charge in [-0.3, -0.25) is 9.78 Å². The number of aromatic nitrogens is 1. The lowest BCUT2D eigenvalue weighted by atomic mass is 10.1. The van der Waals surface area contributed by atoms with Crippen molar-refractivity contribution in [1.82, 2.24) is 10.3 Å². The Labute approximate surface area is 157 Å². The zero-order valence-electron chi connectivity index (χ0n) is 14.9. The van der Waals surface area contributed by atoms with Gasteiger partial charge in [0.25, 0.3) is 5.91 Å². The fourth-order valence-corrected chi connectivity index (χ4v) is 2.88. The summed E-state index contributed by atoms with van der Waals surface area (Å²) in [6.07, 6.45) is 3.22. The van der Waals surface area contributed by atoms with Gasteiger partial charge in [0.15, 0.2) is 11.5 Å². The van der Waals surface area contributed by atoms with Gasteiger partial charge < -0.3 is 20.1 Å². The summed E-state index contributed by atoms with van der Waals surface area (Å²) in [5.41, 5.74) is 4.27. The molecule has 0 atom stereocenters. The lowest BCUT2D eigenvalue weighted by molar-refractivity contribution is 0.0950. The third kappa shape index (κ3) is 4.00. The van der Waals surface area contributed by atoms with Gasteiger partial charge in [-0.25, -0.2) is 0 Å². The van der Waals surface area contributed by atoms with Gasteiger partial charge in [-0.05, 0) is 30.7 Å². The number of carbonyl (C=O) groups is 1. The molecule has 0 fully saturated rings. The molecule has 1 aliphatic rings. The first kappa shape index (κ1) is 16.9. The van der Waals surface area contributed by atoms with Gasteiger partial charge in [-0.2, -0.15) is 0 Å². The van der Waals surface area contributed by atoms with Crippen molar-refractivity contribution in [3.8, 4) is 11.5 Å². The molecule has 1 aliphatic heterocycles. The predicted molar refractivity (Wildman–Crippen MR) is 102 cm³/mol. The molecule has 2 aromatic carbocycles. The summed E-state index contributed by atoms with van der Waals surface area (Å²) in [4.78, 5) is 16.6. The average molecular weight is 361 g/mol. The largest absolute Gasteiger partial charge is 0.454 e. The molecular formula is C21H19N3O3. The molecular weight excluding hydrogens is 342 g/mol. The van der Waals surface area contributed by atoms with Gasteiger partial charge in [0.05, 0.1) is 17.4 Å². The molecule has 0 aliphatic carbocycles. The fraction of sp³-hybridized carbons (Fsp3) is 0.143. The molecule has 3 aromatic rings. The second-order valence-corrected chi connectivity index (χ2v) is 6.33. The summed E-state index contributed by atoms with van der Waals surface area (Å²) < 4.78 is 10.7. The van der Waals surface area contributed by atoms with Crippen molar-refractivity contribution in [3.05, 3.63) is 77.6 Å². The smallest absolute Gasteiger partial charge is 0.253 e. The van der Waals surface area contributed by atoms with E-state index in [9.17, 15) is 4.79 Å². The molecule has 136 valence electrons. The van der Waals surface area contributed by atoms with Crippen LogP contribution in [0.25, 0.3) is 0 Å². The number of aryl methyl sites for hydroxylation is 1. The Kier molecular flexibility index (Phi) is 4.61. The van der Waals surface area contributed by atoms with Crippen LogP contribution in [-0.2, 0) is 6.54 Å². The minimum Gasteiger partial charge on any atom is -0.454 e. The lowest BCUT2D eigenvalue weighted by Crippen LogP contribution is -2.23. The number of anilines is 2. The lowest BCUT2D eigenvalue weighted by Gasteiger charge is -2.09.